The summed E-state index contributed by atoms with van der Waals surface area (Å²) < 4.78 is 11.5. The summed E-state index contributed by atoms with van der Waals surface area (Å²) >= 11 is 0. The van der Waals surface area contributed by atoms with Crippen LogP contribution in [0.3, 0.4) is 0 Å². The number of rotatable bonds is 6. The molecule has 1 saturated carbocycles. The van der Waals surface area contributed by atoms with Crippen LogP contribution in [-0.2, 0) is 9.47 Å². The third-order valence-corrected chi connectivity index (χ3v) is 3.79. The Morgan fingerprint density at radius 3 is 2.18 bits per heavy atom. The SMILES string of the molecule is COC1(C(COC(C)C)NN)CCCCCC1. The predicted molar refractivity (Wildman–Crippen MR) is 69.6 cm³/mol. The maximum Gasteiger partial charge on any atom is 0.0866 e. The minimum atomic E-state index is -0.153. The van der Waals surface area contributed by atoms with E-state index in [0.29, 0.717) is 6.61 Å². The zero-order valence-corrected chi connectivity index (χ0v) is 11.5. The van der Waals surface area contributed by atoms with E-state index in [-0.39, 0.29) is 17.7 Å². The van der Waals surface area contributed by atoms with Crippen molar-refractivity contribution in [3.05, 3.63) is 0 Å². The lowest BCUT2D eigenvalue weighted by atomic mass is 9.86. The van der Waals surface area contributed by atoms with Crippen molar-refractivity contribution in [3.63, 3.8) is 0 Å². The van der Waals surface area contributed by atoms with E-state index in [0.717, 1.165) is 12.8 Å². The number of nitrogens with one attached hydrogen (secondary N) is 1. The zero-order valence-electron chi connectivity index (χ0n) is 11.5. The van der Waals surface area contributed by atoms with Gasteiger partial charge in [-0.2, -0.15) is 0 Å². The summed E-state index contributed by atoms with van der Waals surface area (Å²) in [6.07, 6.45) is 7.40. The third-order valence-electron chi connectivity index (χ3n) is 3.79. The summed E-state index contributed by atoms with van der Waals surface area (Å²) in [5.74, 6) is 5.69. The van der Waals surface area contributed by atoms with Gasteiger partial charge < -0.3 is 9.47 Å². The average Bonchev–Trinajstić information content (AvgIpc) is 2.56. The molecule has 0 spiro atoms. The number of methoxy groups -OCH3 is 1. The van der Waals surface area contributed by atoms with Crippen molar-refractivity contribution in [2.45, 2.75) is 70.1 Å². The van der Waals surface area contributed by atoms with E-state index >= 15 is 0 Å². The molecule has 0 aromatic carbocycles. The third kappa shape index (κ3) is 4.21. The molecule has 4 heteroatoms. The van der Waals surface area contributed by atoms with Crippen molar-refractivity contribution in [1.82, 2.24) is 5.43 Å². The van der Waals surface area contributed by atoms with Gasteiger partial charge in [-0.3, -0.25) is 11.3 Å². The fourth-order valence-electron chi connectivity index (χ4n) is 2.66. The van der Waals surface area contributed by atoms with Crippen LogP contribution in [0.2, 0.25) is 0 Å². The highest BCUT2D eigenvalue weighted by molar-refractivity contribution is 4.93. The van der Waals surface area contributed by atoms with Gasteiger partial charge >= 0.3 is 0 Å². The predicted octanol–water partition coefficient (Wildman–Crippen LogP) is 1.98. The first-order valence-electron chi connectivity index (χ1n) is 6.77. The average molecular weight is 244 g/mol. The zero-order chi connectivity index (χ0) is 12.7. The van der Waals surface area contributed by atoms with Crippen molar-refractivity contribution in [2.75, 3.05) is 13.7 Å². The van der Waals surface area contributed by atoms with Gasteiger partial charge in [-0.05, 0) is 26.7 Å². The maximum atomic E-state index is 5.82. The molecule has 1 aliphatic rings. The van der Waals surface area contributed by atoms with E-state index < -0.39 is 0 Å². The Morgan fingerprint density at radius 2 is 1.76 bits per heavy atom. The molecule has 1 unspecified atom stereocenters. The largest absolute Gasteiger partial charge is 0.377 e. The van der Waals surface area contributed by atoms with Crippen molar-refractivity contribution < 1.29 is 9.47 Å². The van der Waals surface area contributed by atoms with Crippen LogP contribution >= 0.6 is 0 Å². The highest BCUT2D eigenvalue weighted by Crippen LogP contribution is 2.33. The number of hydrogen-bond donors (Lipinski definition) is 2. The molecular formula is C13H28N2O2. The molecule has 0 saturated heterocycles. The Labute approximate surface area is 105 Å². The molecule has 0 heterocycles. The molecule has 17 heavy (non-hydrogen) atoms. The van der Waals surface area contributed by atoms with Gasteiger partial charge in [0.15, 0.2) is 0 Å². The smallest absolute Gasteiger partial charge is 0.0866 e. The molecule has 1 fully saturated rings. The van der Waals surface area contributed by atoms with Gasteiger partial charge in [0.2, 0.25) is 0 Å². The van der Waals surface area contributed by atoms with Crippen molar-refractivity contribution in [2.24, 2.45) is 5.84 Å². The fraction of sp³-hybridized carbons (Fsp3) is 1.00. The Bertz CT molecular complexity index is 202. The maximum absolute atomic E-state index is 5.82. The molecule has 0 bridgehead atoms. The standard InChI is InChI=1S/C13H28N2O2/c1-11(2)17-10-12(15-14)13(16-3)8-6-4-5-7-9-13/h11-12,15H,4-10,14H2,1-3H3. The molecule has 1 rings (SSSR count). The normalized spacial score (nSPS) is 22.4. The lowest BCUT2D eigenvalue weighted by Gasteiger charge is -2.39. The van der Waals surface area contributed by atoms with Crippen LogP contribution in [0.4, 0.5) is 0 Å². The number of hydrazine groups is 1. The van der Waals surface area contributed by atoms with Gasteiger partial charge in [-0.25, -0.2) is 0 Å². The molecular weight excluding hydrogens is 216 g/mol. The summed E-state index contributed by atoms with van der Waals surface area (Å²) in [7, 11) is 1.80. The molecule has 4 nitrogen and oxygen atoms in total. The minimum absolute atomic E-state index is 0.0769. The second-order valence-electron chi connectivity index (χ2n) is 5.28. The number of ether oxygens (including phenoxy) is 2. The van der Waals surface area contributed by atoms with E-state index in [2.05, 4.69) is 5.43 Å². The Morgan fingerprint density at radius 1 is 1.18 bits per heavy atom. The monoisotopic (exact) mass is 244 g/mol. The number of hydrogen-bond acceptors (Lipinski definition) is 4. The van der Waals surface area contributed by atoms with Crippen LogP contribution in [0, 0.1) is 0 Å². The van der Waals surface area contributed by atoms with Crippen molar-refractivity contribution in [3.8, 4) is 0 Å². The molecule has 102 valence electrons. The molecule has 0 aromatic rings. The molecule has 0 aromatic heterocycles. The second-order valence-corrected chi connectivity index (χ2v) is 5.28. The molecule has 0 aliphatic heterocycles. The topological polar surface area (TPSA) is 56.5 Å². The van der Waals surface area contributed by atoms with E-state index in [1.54, 1.807) is 7.11 Å². The van der Waals surface area contributed by atoms with E-state index in [1.165, 1.54) is 25.7 Å². The highest BCUT2D eigenvalue weighted by Gasteiger charge is 2.38. The first-order chi connectivity index (χ1) is 8.14. The Hall–Kier alpha value is -0.160. The summed E-state index contributed by atoms with van der Waals surface area (Å²) in [6.45, 7) is 4.70. The lowest BCUT2D eigenvalue weighted by molar-refractivity contribution is -0.0804. The van der Waals surface area contributed by atoms with Gasteiger partial charge in [0.25, 0.3) is 0 Å². The second kappa shape index (κ2) is 7.31. The molecule has 1 atom stereocenters. The van der Waals surface area contributed by atoms with Crippen LogP contribution in [0.5, 0.6) is 0 Å². The molecule has 1 aliphatic carbocycles. The first-order valence-corrected chi connectivity index (χ1v) is 6.77. The quantitative estimate of drug-likeness (QED) is 0.426. The molecule has 3 N–H and O–H groups in total. The Kier molecular flexibility index (Phi) is 6.41. The highest BCUT2D eigenvalue weighted by atomic mass is 16.5. The van der Waals surface area contributed by atoms with E-state index in [9.17, 15) is 0 Å². The summed E-state index contributed by atoms with van der Waals surface area (Å²) in [6, 6.07) is 0.0769. The molecule has 0 radical (unpaired) electrons. The van der Waals surface area contributed by atoms with Gasteiger partial charge in [-0.1, -0.05) is 25.7 Å². The lowest BCUT2D eigenvalue weighted by Crippen LogP contribution is -2.57. The number of nitrogens with two attached hydrogens (primary N) is 1. The van der Waals surface area contributed by atoms with Crippen LogP contribution in [-0.4, -0.2) is 31.5 Å². The van der Waals surface area contributed by atoms with Crippen LogP contribution in [0.25, 0.3) is 0 Å². The van der Waals surface area contributed by atoms with Gasteiger partial charge in [0, 0.05) is 7.11 Å². The van der Waals surface area contributed by atoms with Gasteiger partial charge in [0.05, 0.1) is 24.4 Å². The van der Waals surface area contributed by atoms with Crippen LogP contribution < -0.4 is 11.3 Å². The van der Waals surface area contributed by atoms with Crippen molar-refractivity contribution >= 4 is 0 Å². The van der Waals surface area contributed by atoms with Crippen molar-refractivity contribution in [1.29, 1.82) is 0 Å². The molecule has 0 amide bonds. The first kappa shape index (κ1) is 14.9. The fourth-order valence-corrected chi connectivity index (χ4v) is 2.66. The van der Waals surface area contributed by atoms with E-state index in [4.69, 9.17) is 15.3 Å². The summed E-state index contributed by atoms with van der Waals surface area (Å²) in [5, 5.41) is 0. The van der Waals surface area contributed by atoms with E-state index in [1.807, 2.05) is 13.8 Å². The van der Waals surface area contributed by atoms with Crippen LogP contribution in [0.1, 0.15) is 52.4 Å². The van der Waals surface area contributed by atoms with Gasteiger partial charge in [-0.15, -0.1) is 0 Å². The van der Waals surface area contributed by atoms with Crippen LogP contribution in [0.15, 0.2) is 0 Å². The summed E-state index contributed by atoms with van der Waals surface area (Å²) in [4.78, 5) is 0. The minimum Gasteiger partial charge on any atom is -0.377 e. The van der Waals surface area contributed by atoms with Gasteiger partial charge in [0.1, 0.15) is 0 Å². The summed E-state index contributed by atoms with van der Waals surface area (Å²) in [5.41, 5.74) is 2.74. The Balaban J connectivity index is 2.65.